The van der Waals surface area contributed by atoms with Crippen LogP contribution in [0.4, 0.5) is 0 Å². The molecule has 10 heteroatoms. The highest BCUT2D eigenvalue weighted by atomic mass is 16.5. The summed E-state index contributed by atoms with van der Waals surface area (Å²) in [5.74, 6) is -0.644. The summed E-state index contributed by atoms with van der Waals surface area (Å²) in [6.07, 6.45) is 5.47. The fourth-order valence-corrected chi connectivity index (χ4v) is 4.20. The summed E-state index contributed by atoms with van der Waals surface area (Å²) in [7, 11) is 1.66. The predicted octanol–water partition coefficient (Wildman–Crippen LogP) is 2.40. The van der Waals surface area contributed by atoms with E-state index in [2.05, 4.69) is 21.0 Å². The minimum atomic E-state index is -0.494. The van der Waals surface area contributed by atoms with Gasteiger partial charge in [-0.2, -0.15) is 5.26 Å². The van der Waals surface area contributed by atoms with E-state index in [1.165, 1.54) is 23.5 Å². The number of likely N-dealkylation sites (N-methyl/N-ethyl adjacent to an activating group) is 1. The molecule has 2 aromatic heterocycles. The van der Waals surface area contributed by atoms with Crippen molar-refractivity contribution in [3.8, 4) is 23.1 Å². The second-order valence-electron chi connectivity index (χ2n) is 9.17. The molecule has 0 radical (unpaired) electrons. The van der Waals surface area contributed by atoms with Gasteiger partial charge in [0.15, 0.2) is 0 Å². The van der Waals surface area contributed by atoms with Gasteiger partial charge in [-0.15, -0.1) is 0 Å². The largest absolute Gasteiger partial charge is 0.472 e. The first-order valence-electron chi connectivity index (χ1n) is 11.9. The van der Waals surface area contributed by atoms with E-state index in [-0.39, 0.29) is 48.0 Å². The third-order valence-electron chi connectivity index (χ3n) is 6.43. The first-order chi connectivity index (χ1) is 17.8. The van der Waals surface area contributed by atoms with Gasteiger partial charge in [-0.25, -0.2) is 9.97 Å². The maximum absolute atomic E-state index is 13.6. The van der Waals surface area contributed by atoms with Crippen LogP contribution in [0.2, 0.25) is 0 Å². The summed E-state index contributed by atoms with van der Waals surface area (Å²) in [5.41, 5.74) is 2.36. The number of aliphatic hydroxyl groups excluding tert-OH is 1. The Hall–Kier alpha value is -4.36. The van der Waals surface area contributed by atoms with Gasteiger partial charge in [-0.3, -0.25) is 14.6 Å². The molecule has 4 rings (SSSR count). The highest BCUT2D eigenvalue weighted by Gasteiger charge is 2.35. The van der Waals surface area contributed by atoms with Crippen molar-refractivity contribution < 1.29 is 19.4 Å². The van der Waals surface area contributed by atoms with E-state index in [9.17, 15) is 20.0 Å². The quantitative estimate of drug-likeness (QED) is 0.546. The minimum Gasteiger partial charge on any atom is -0.472 e. The average Bonchev–Trinajstić information content (AvgIpc) is 2.94. The van der Waals surface area contributed by atoms with Gasteiger partial charge in [-0.1, -0.05) is 19.1 Å². The van der Waals surface area contributed by atoms with Crippen molar-refractivity contribution in [1.29, 1.82) is 5.26 Å². The molecule has 1 N–H and O–H groups in total. The number of benzene rings is 1. The fraction of sp³-hybridized carbons (Fsp3) is 0.333. The van der Waals surface area contributed by atoms with Crippen LogP contribution in [-0.4, -0.2) is 80.6 Å². The lowest BCUT2D eigenvalue weighted by atomic mass is 9.98. The number of carbonyl (C=O) groups excluding carboxylic acids is 2. The van der Waals surface area contributed by atoms with Gasteiger partial charge < -0.3 is 19.6 Å². The molecule has 0 bridgehead atoms. The Balaban J connectivity index is 1.70. The SMILES string of the molecule is C[C@H]1CN([C@@H](C)CO)C(=O)c2cc(-c3cccc(C#N)c3)cnc2O[C@@H]1CN(C)C(=O)c1cnccn1. The number of nitriles is 1. The number of hydrogen-bond donors (Lipinski definition) is 1. The van der Waals surface area contributed by atoms with Crippen LogP contribution in [0.3, 0.4) is 0 Å². The monoisotopic (exact) mass is 500 g/mol. The minimum absolute atomic E-state index is 0.150. The Kier molecular flexibility index (Phi) is 7.74. The number of hydrogen-bond acceptors (Lipinski definition) is 8. The van der Waals surface area contributed by atoms with Gasteiger partial charge in [0.05, 0.1) is 37.0 Å². The van der Waals surface area contributed by atoms with Gasteiger partial charge in [-0.05, 0) is 30.7 Å². The number of aliphatic hydroxyl groups is 1. The maximum Gasteiger partial charge on any atom is 0.273 e. The maximum atomic E-state index is 13.6. The molecule has 3 atom stereocenters. The fourth-order valence-electron chi connectivity index (χ4n) is 4.20. The summed E-state index contributed by atoms with van der Waals surface area (Å²) >= 11 is 0. The topological polar surface area (TPSA) is 133 Å². The van der Waals surface area contributed by atoms with Gasteiger partial charge in [0.1, 0.15) is 17.4 Å². The zero-order chi connectivity index (χ0) is 26.5. The molecule has 10 nitrogen and oxygen atoms in total. The number of fused-ring (bicyclic) bond motifs is 1. The van der Waals surface area contributed by atoms with Crippen molar-refractivity contribution in [1.82, 2.24) is 24.8 Å². The van der Waals surface area contributed by atoms with Crippen molar-refractivity contribution in [2.45, 2.75) is 26.0 Å². The highest BCUT2D eigenvalue weighted by molar-refractivity contribution is 5.98. The van der Waals surface area contributed by atoms with Gasteiger partial charge >= 0.3 is 0 Å². The second kappa shape index (κ2) is 11.1. The van der Waals surface area contributed by atoms with Crippen LogP contribution in [0.25, 0.3) is 11.1 Å². The molecule has 3 aromatic rings. The third kappa shape index (κ3) is 5.57. The molecule has 0 fully saturated rings. The lowest BCUT2D eigenvalue weighted by molar-refractivity contribution is 0.0312. The molecule has 3 heterocycles. The number of nitrogens with zero attached hydrogens (tertiary/aromatic N) is 6. The molecule has 1 aromatic carbocycles. The van der Waals surface area contributed by atoms with E-state index < -0.39 is 12.1 Å². The van der Waals surface area contributed by atoms with Crippen LogP contribution in [0.5, 0.6) is 5.88 Å². The smallest absolute Gasteiger partial charge is 0.273 e. The van der Waals surface area contributed by atoms with Gasteiger partial charge in [0.2, 0.25) is 5.88 Å². The average molecular weight is 501 g/mol. The van der Waals surface area contributed by atoms with E-state index in [0.29, 0.717) is 17.7 Å². The van der Waals surface area contributed by atoms with Crippen molar-refractivity contribution in [3.05, 3.63) is 71.9 Å². The van der Waals surface area contributed by atoms with Crippen LogP contribution in [0.1, 0.15) is 40.3 Å². The first-order valence-corrected chi connectivity index (χ1v) is 11.9. The predicted molar refractivity (Wildman–Crippen MR) is 135 cm³/mol. The summed E-state index contributed by atoms with van der Waals surface area (Å²) in [4.78, 5) is 42.1. The molecule has 37 heavy (non-hydrogen) atoms. The normalized spacial score (nSPS) is 18.0. The van der Waals surface area contributed by atoms with Crippen LogP contribution >= 0.6 is 0 Å². The van der Waals surface area contributed by atoms with Crippen molar-refractivity contribution >= 4 is 11.8 Å². The van der Waals surface area contributed by atoms with Crippen molar-refractivity contribution in [2.24, 2.45) is 5.92 Å². The van der Waals surface area contributed by atoms with E-state index in [1.807, 2.05) is 13.0 Å². The number of ether oxygens (including phenoxy) is 1. The van der Waals surface area contributed by atoms with Gasteiger partial charge in [0, 0.05) is 43.7 Å². The van der Waals surface area contributed by atoms with E-state index in [4.69, 9.17) is 4.74 Å². The molecule has 2 amide bonds. The van der Waals surface area contributed by atoms with Crippen LogP contribution in [0.15, 0.2) is 55.1 Å². The molecule has 1 aliphatic heterocycles. The summed E-state index contributed by atoms with van der Waals surface area (Å²) < 4.78 is 6.27. The van der Waals surface area contributed by atoms with Crippen molar-refractivity contribution in [2.75, 3.05) is 26.7 Å². The van der Waals surface area contributed by atoms with E-state index >= 15 is 0 Å². The molecule has 0 saturated heterocycles. The van der Waals surface area contributed by atoms with Crippen LogP contribution in [0, 0.1) is 17.2 Å². The Morgan fingerprint density at radius 3 is 2.78 bits per heavy atom. The second-order valence-corrected chi connectivity index (χ2v) is 9.17. The summed E-state index contributed by atoms with van der Waals surface area (Å²) in [6.45, 7) is 4.04. The number of aromatic nitrogens is 3. The highest BCUT2D eigenvalue weighted by Crippen LogP contribution is 2.30. The van der Waals surface area contributed by atoms with Crippen molar-refractivity contribution in [3.63, 3.8) is 0 Å². The molecule has 1 aliphatic rings. The van der Waals surface area contributed by atoms with E-state index in [0.717, 1.165) is 5.56 Å². The lowest BCUT2D eigenvalue weighted by Gasteiger charge is -2.37. The lowest BCUT2D eigenvalue weighted by Crippen LogP contribution is -2.50. The molecule has 0 spiro atoms. The molecule has 0 aliphatic carbocycles. The number of carbonyl (C=O) groups is 2. The Morgan fingerprint density at radius 2 is 2.08 bits per heavy atom. The van der Waals surface area contributed by atoms with Crippen LogP contribution in [-0.2, 0) is 0 Å². The Bertz CT molecular complexity index is 1330. The molecule has 0 unspecified atom stereocenters. The number of amides is 2. The van der Waals surface area contributed by atoms with Crippen LogP contribution < -0.4 is 4.74 Å². The van der Waals surface area contributed by atoms with E-state index in [1.54, 1.807) is 49.3 Å². The standard InChI is InChI=1S/C27H28N6O4/c1-17-14-33(18(2)16-34)26(35)22-10-21(20-6-4-5-19(9-20)11-28)12-31-25(22)37-24(17)15-32(3)27(36)23-13-29-7-8-30-23/h4-10,12-13,17-18,24,34H,14-16H2,1-3H3/t17-,18-,24+/m0/s1. The third-order valence-corrected chi connectivity index (χ3v) is 6.43. The zero-order valence-corrected chi connectivity index (χ0v) is 20.9. The Morgan fingerprint density at radius 1 is 1.27 bits per heavy atom. The first kappa shape index (κ1) is 25.7. The molecular weight excluding hydrogens is 472 g/mol. The summed E-state index contributed by atoms with van der Waals surface area (Å²) in [6, 6.07) is 10.4. The zero-order valence-electron chi connectivity index (χ0n) is 20.9. The molecule has 190 valence electrons. The molecule has 0 saturated carbocycles. The Labute approximate surface area is 215 Å². The number of rotatable bonds is 6. The summed E-state index contributed by atoms with van der Waals surface area (Å²) in [5, 5.41) is 19.1. The van der Waals surface area contributed by atoms with Gasteiger partial charge in [0.25, 0.3) is 11.8 Å². The number of pyridine rings is 1. The molecular formula is C27H28N6O4.